The molecule has 1 N–H and O–H groups in total. The van der Waals surface area contributed by atoms with Crippen molar-refractivity contribution >= 4 is 0 Å². The van der Waals surface area contributed by atoms with E-state index in [4.69, 9.17) is 4.74 Å². The van der Waals surface area contributed by atoms with Crippen LogP contribution in [0.25, 0.3) is 0 Å². The topological polar surface area (TPSA) is 21.3 Å². The minimum absolute atomic E-state index is 0.425. The molecule has 2 atom stereocenters. The van der Waals surface area contributed by atoms with Gasteiger partial charge in [0.2, 0.25) is 0 Å². The fourth-order valence-electron chi connectivity index (χ4n) is 1.36. The number of nitrogens with one attached hydrogen (secondary N) is 1. The van der Waals surface area contributed by atoms with Crippen LogP contribution in [0.3, 0.4) is 0 Å². The highest BCUT2D eigenvalue weighted by molar-refractivity contribution is 4.75. The normalized spacial score (nSPS) is 32.7. The molecule has 1 heterocycles. The Labute approximate surface area is 69.3 Å². The van der Waals surface area contributed by atoms with Crippen molar-refractivity contribution in [3.63, 3.8) is 0 Å². The van der Waals surface area contributed by atoms with Crippen LogP contribution < -0.4 is 5.32 Å². The first-order valence-electron chi connectivity index (χ1n) is 4.60. The second-order valence-corrected chi connectivity index (χ2v) is 3.61. The van der Waals surface area contributed by atoms with Crippen molar-refractivity contribution in [3.8, 4) is 0 Å². The molecule has 11 heavy (non-hydrogen) atoms. The summed E-state index contributed by atoms with van der Waals surface area (Å²) in [6, 6.07) is 0. The highest BCUT2D eigenvalue weighted by Gasteiger charge is 2.22. The Morgan fingerprint density at radius 1 is 1.45 bits per heavy atom. The molecule has 1 aliphatic heterocycles. The van der Waals surface area contributed by atoms with Crippen molar-refractivity contribution in [1.29, 1.82) is 0 Å². The summed E-state index contributed by atoms with van der Waals surface area (Å²) in [6.07, 6.45) is 1.99. The standard InChI is InChI=1S/C9H19NO/c1-4-8-5-10-6-9(11-8)7(2)3/h7-10H,4-6H2,1-3H3/t8-,9+/m1/s1. The Bertz CT molecular complexity index is 114. The van der Waals surface area contributed by atoms with Gasteiger partial charge in [0.15, 0.2) is 0 Å². The molecule has 0 saturated carbocycles. The van der Waals surface area contributed by atoms with E-state index in [0.717, 1.165) is 19.5 Å². The van der Waals surface area contributed by atoms with Gasteiger partial charge < -0.3 is 10.1 Å². The summed E-state index contributed by atoms with van der Waals surface area (Å²) in [6.45, 7) is 8.65. The lowest BCUT2D eigenvalue weighted by Crippen LogP contribution is -2.46. The Morgan fingerprint density at radius 2 is 2.18 bits per heavy atom. The largest absolute Gasteiger partial charge is 0.372 e. The second-order valence-electron chi connectivity index (χ2n) is 3.61. The van der Waals surface area contributed by atoms with Crippen LogP contribution in [0.5, 0.6) is 0 Å². The number of hydrogen-bond donors (Lipinski definition) is 1. The van der Waals surface area contributed by atoms with Crippen LogP contribution in [0.4, 0.5) is 0 Å². The van der Waals surface area contributed by atoms with E-state index >= 15 is 0 Å². The van der Waals surface area contributed by atoms with Crippen LogP contribution in [0, 0.1) is 5.92 Å². The maximum Gasteiger partial charge on any atom is 0.0726 e. The third-order valence-corrected chi connectivity index (χ3v) is 2.28. The maximum absolute atomic E-state index is 5.83. The predicted molar refractivity (Wildman–Crippen MR) is 46.7 cm³/mol. The van der Waals surface area contributed by atoms with Crippen molar-refractivity contribution in [3.05, 3.63) is 0 Å². The number of morpholine rings is 1. The SMILES string of the molecule is CC[C@@H]1CNC[C@@H](C(C)C)O1. The Balaban J connectivity index is 2.33. The molecular weight excluding hydrogens is 138 g/mol. The number of rotatable bonds is 2. The molecule has 0 aromatic carbocycles. The summed E-state index contributed by atoms with van der Waals surface area (Å²) in [5.41, 5.74) is 0. The molecule has 0 aromatic heterocycles. The molecule has 0 aromatic rings. The van der Waals surface area contributed by atoms with Crippen molar-refractivity contribution in [2.45, 2.75) is 39.4 Å². The fourth-order valence-corrected chi connectivity index (χ4v) is 1.36. The van der Waals surface area contributed by atoms with Gasteiger partial charge in [-0.3, -0.25) is 0 Å². The van der Waals surface area contributed by atoms with E-state index in [9.17, 15) is 0 Å². The number of hydrogen-bond acceptors (Lipinski definition) is 2. The monoisotopic (exact) mass is 157 g/mol. The van der Waals surface area contributed by atoms with Crippen LogP contribution >= 0.6 is 0 Å². The molecule has 1 fully saturated rings. The molecule has 2 nitrogen and oxygen atoms in total. The molecule has 1 rings (SSSR count). The van der Waals surface area contributed by atoms with Crippen molar-refractivity contribution in [2.75, 3.05) is 13.1 Å². The lowest BCUT2D eigenvalue weighted by atomic mass is 10.1. The first-order valence-corrected chi connectivity index (χ1v) is 4.60. The summed E-state index contributed by atoms with van der Waals surface area (Å²) in [7, 11) is 0. The summed E-state index contributed by atoms with van der Waals surface area (Å²) < 4.78 is 5.83. The van der Waals surface area contributed by atoms with E-state index in [0.29, 0.717) is 18.1 Å². The van der Waals surface area contributed by atoms with E-state index in [2.05, 4.69) is 26.1 Å². The summed E-state index contributed by atoms with van der Waals surface area (Å²) in [4.78, 5) is 0. The predicted octanol–water partition coefficient (Wildman–Crippen LogP) is 1.41. The van der Waals surface area contributed by atoms with E-state index in [1.807, 2.05) is 0 Å². The Morgan fingerprint density at radius 3 is 2.73 bits per heavy atom. The molecule has 1 saturated heterocycles. The van der Waals surface area contributed by atoms with E-state index < -0.39 is 0 Å². The van der Waals surface area contributed by atoms with Gasteiger partial charge in [-0.1, -0.05) is 20.8 Å². The second kappa shape index (κ2) is 4.07. The van der Waals surface area contributed by atoms with Crippen molar-refractivity contribution in [1.82, 2.24) is 5.32 Å². The molecule has 0 amide bonds. The van der Waals surface area contributed by atoms with Gasteiger partial charge in [-0.05, 0) is 12.3 Å². The molecule has 2 heteroatoms. The van der Waals surface area contributed by atoms with Gasteiger partial charge in [-0.2, -0.15) is 0 Å². The Kier molecular flexibility index (Phi) is 3.34. The van der Waals surface area contributed by atoms with Gasteiger partial charge in [0.05, 0.1) is 12.2 Å². The van der Waals surface area contributed by atoms with Crippen molar-refractivity contribution < 1.29 is 4.74 Å². The molecule has 0 spiro atoms. The molecule has 0 unspecified atom stereocenters. The minimum atomic E-state index is 0.425. The summed E-state index contributed by atoms with van der Waals surface area (Å²) >= 11 is 0. The molecule has 0 radical (unpaired) electrons. The molecule has 0 bridgehead atoms. The van der Waals surface area contributed by atoms with Crippen LogP contribution in [0.2, 0.25) is 0 Å². The zero-order valence-electron chi connectivity index (χ0n) is 7.76. The smallest absolute Gasteiger partial charge is 0.0726 e. The molecule has 66 valence electrons. The average molecular weight is 157 g/mol. The molecular formula is C9H19NO. The third-order valence-electron chi connectivity index (χ3n) is 2.28. The van der Waals surface area contributed by atoms with Gasteiger partial charge in [-0.15, -0.1) is 0 Å². The number of ether oxygens (including phenoxy) is 1. The van der Waals surface area contributed by atoms with Crippen LogP contribution in [0.15, 0.2) is 0 Å². The lowest BCUT2D eigenvalue weighted by molar-refractivity contribution is -0.0594. The van der Waals surface area contributed by atoms with Crippen LogP contribution in [0.1, 0.15) is 27.2 Å². The maximum atomic E-state index is 5.83. The van der Waals surface area contributed by atoms with Gasteiger partial charge in [0.25, 0.3) is 0 Å². The first kappa shape index (κ1) is 9.01. The van der Waals surface area contributed by atoms with Crippen LogP contribution in [-0.4, -0.2) is 25.3 Å². The first-order chi connectivity index (χ1) is 5.24. The fraction of sp³-hybridized carbons (Fsp3) is 1.00. The molecule has 1 aliphatic rings. The highest BCUT2D eigenvalue weighted by atomic mass is 16.5. The van der Waals surface area contributed by atoms with Gasteiger partial charge in [0.1, 0.15) is 0 Å². The lowest BCUT2D eigenvalue weighted by Gasteiger charge is -2.32. The van der Waals surface area contributed by atoms with Gasteiger partial charge in [0, 0.05) is 13.1 Å². The Hall–Kier alpha value is -0.0800. The summed E-state index contributed by atoms with van der Waals surface area (Å²) in [5, 5.41) is 3.39. The van der Waals surface area contributed by atoms with E-state index in [-0.39, 0.29) is 0 Å². The van der Waals surface area contributed by atoms with Gasteiger partial charge in [-0.25, -0.2) is 0 Å². The zero-order valence-corrected chi connectivity index (χ0v) is 7.76. The third kappa shape index (κ3) is 2.46. The highest BCUT2D eigenvalue weighted by Crippen LogP contribution is 2.13. The van der Waals surface area contributed by atoms with E-state index in [1.165, 1.54) is 0 Å². The van der Waals surface area contributed by atoms with Crippen LogP contribution in [-0.2, 0) is 4.74 Å². The summed E-state index contributed by atoms with van der Waals surface area (Å²) in [5.74, 6) is 0.636. The van der Waals surface area contributed by atoms with E-state index in [1.54, 1.807) is 0 Å². The molecule has 0 aliphatic carbocycles. The zero-order chi connectivity index (χ0) is 8.27. The van der Waals surface area contributed by atoms with Gasteiger partial charge >= 0.3 is 0 Å². The average Bonchev–Trinajstić information content (AvgIpc) is 2.05. The van der Waals surface area contributed by atoms with Crippen molar-refractivity contribution in [2.24, 2.45) is 5.92 Å². The quantitative estimate of drug-likeness (QED) is 0.654. The minimum Gasteiger partial charge on any atom is -0.372 e.